The van der Waals surface area contributed by atoms with Crippen LogP contribution >= 0.6 is 12.2 Å². The van der Waals surface area contributed by atoms with Gasteiger partial charge in [0.25, 0.3) is 0 Å². The van der Waals surface area contributed by atoms with Crippen molar-refractivity contribution in [3.63, 3.8) is 0 Å². The van der Waals surface area contributed by atoms with E-state index in [4.69, 9.17) is 21.7 Å². The molecule has 0 heterocycles. The lowest BCUT2D eigenvalue weighted by Gasteiger charge is -2.17. The monoisotopic (exact) mass is 316 g/mol. The molecule has 1 atom stereocenters. The van der Waals surface area contributed by atoms with E-state index in [0.717, 1.165) is 17.2 Å². The first-order valence-electron chi connectivity index (χ1n) is 7.07. The molecule has 0 amide bonds. The summed E-state index contributed by atoms with van der Waals surface area (Å²) in [6.45, 7) is 2.53. The number of para-hydroxylation sites is 1. The van der Waals surface area contributed by atoms with Crippen LogP contribution in [0.5, 0.6) is 11.5 Å². The van der Waals surface area contributed by atoms with Gasteiger partial charge >= 0.3 is 0 Å². The standard InChI is InChI=1S/C17H20N2O2S/c1-13(12-21-16-10-8-15(20-2)9-11-16)18-17(22)19-14-6-4-3-5-7-14/h3-11,13H,12H2,1-2H3,(H2,18,19,22). The van der Waals surface area contributed by atoms with Crippen molar-refractivity contribution < 1.29 is 9.47 Å². The van der Waals surface area contributed by atoms with E-state index >= 15 is 0 Å². The highest BCUT2D eigenvalue weighted by molar-refractivity contribution is 7.80. The Bertz CT molecular complexity index is 587. The number of anilines is 1. The first-order chi connectivity index (χ1) is 10.7. The molecule has 1 unspecified atom stereocenters. The molecule has 0 saturated carbocycles. The quantitative estimate of drug-likeness (QED) is 0.799. The molecular weight excluding hydrogens is 296 g/mol. The van der Waals surface area contributed by atoms with Crippen molar-refractivity contribution in [2.24, 2.45) is 0 Å². The first kappa shape index (κ1) is 16.1. The van der Waals surface area contributed by atoms with Gasteiger partial charge < -0.3 is 20.1 Å². The number of ether oxygens (including phenoxy) is 2. The van der Waals surface area contributed by atoms with Crippen LogP contribution in [0, 0.1) is 0 Å². The Kier molecular flexibility index (Phi) is 6.03. The Balaban J connectivity index is 1.74. The van der Waals surface area contributed by atoms with Gasteiger partial charge in [-0.15, -0.1) is 0 Å². The van der Waals surface area contributed by atoms with Gasteiger partial charge in [0, 0.05) is 5.69 Å². The minimum absolute atomic E-state index is 0.0887. The van der Waals surface area contributed by atoms with E-state index in [1.54, 1.807) is 7.11 Å². The number of thiocarbonyl (C=S) groups is 1. The third-order valence-corrected chi connectivity index (χ3v) is 3.19. The number of hydrogen-bond donors (Lipinski definition) is 2. The minimum atomic E-state index is 0.0887. The van der Waals surface area contributed by atoms with Crippen molar-refractivity contribution >= 4 is 23.0 Å². The van der Waals surface area contributed by atoms with Crippen LogP contribution in [0.25, 0.3) is 0 Å². The first-order valence-corrected chi connectivity index (χ1v) is 7.47. The summed E-state index contributed by atoms with van der Waals surface area (Å²) in [5, 5.41) is 6.91. The summed E-state index contributed by atoms with van der Waals surface area (Å²) in [6, 6.07) is 17.4. The van der Waals surface area contributed by atoms with Crippen LogP contribution in [0.3, 0.4) is 0 Å². The van der Waals surface area contributed by atoms with Crippen LogP contribution in [0.1, 0.15) is 6.92 Å². The molecule has 2 N–H and O–H groups in total. The van der Waals surface area contributed by atoms with E-state index in [2.05, 4.69) is 10.6 Å². The van der Waals surface area contributed by atoms with Crippen molar-refractivity contribution in [1.29, 1.82) is 0 Å². The lowest BCUT2D eigenvalue weighted by Crippen LogP contribution is -2.39. The van der Waals surface area contributed by atoms with Crippen LogP contribution < -0.4 is 20.1 Å². The smallest absolute Gasteiger partial charge is 0.171 e. The lowest BCUT2D eigenvalue weighted by atomic mass is 10.3. The van der Waals surface area contributed by atoms with E-state index in [1.807, 2.05) is 61.5 Å². The van der Waals surface area contributed by atoms with E-state index in [9.17, 15) is 0 Å². The number of benzene rings is 2. The molecule has 5 heteroatoms. The summed E-state index contributed by atoms with van der Waals surface area (Å²) in [7, 11) is 1.64. The Hall–Kier alpha value is -2.27. The second-order valence-corrected chi connectivity index (χ2v) is 5.26. The fraction of sp³-hybridized carbons (Fsp3) is 0.235. The molecule has 2 aromatic rings. The molecule has 0 aliphatic heterocycles. The zero-order valence-electron chi connectivity index (χ0n) is 12.7. The van der Waals surface area contributed by atoms with Crippen LogP contribution in [-0.4, -0.2) is 24.9 Å². The number of nitrogens with one attached hydrogen (secondary N) is 2. The van der Waals surface area contributed by atoms with Crippen molar-refractivity contribution in [3.05, 3.63) is 54.6 Å². The van der Waals surface area contributed by atoms with Crippen LogP contribution in [0.15, 0.2) is 54.6 Å². The molecule has 22 heavy (non-hydrogen) atoms. The minimum Gasteiger partial charge on any atom is -0.497 e. The predicted octanol–water partition coefficient (Wildman–Crippen LogP) is 3.45. The summed E-state index contributed by atoms with van der Waals surface area (Å²) < 4.78 is 10.8. The summed E-state index contributed by atoms with van der Waals surface area (Å²) in [5.41, 5.74) is 0.961. The summed E-state index contributed by atoms with van der Waals surface area (Å²) in [5.74, 6) is 1.61. The fourth-order valence-corrected chi connectivity index (χ4v) is 2.17. The molecule has 0 aliphatic rings. The molecule has 0 aromatic heterocycles. The summed E-state index contributed by atoms with van der Waals surface area (Å²) >= 11 is 5.28. The SMILES string of the molecule is COc1ccc(OCC(C)NC(=S)Nc2ccccc2)cc1. The van der Waals surface area contributed by atoms with Gasteiger partial charge in [-0.3, -0.25) is 0 Å². The van der Waals surface area contributed by atoms with Gasteiger partial charge in [-0.1, -0.05) is 18.2 Å². The van der Waals surface area contributed by atoms with Gasteiger partial charge in [0.05, 0.1) is 13.2 Å². The molecule has 0 fully saturated rings. The zero-order chi connectivity index (χ0) is 15.8. The lowest BCUT2D eigenvalue weighted by molar-refractivity contribution is 0.286. The van der Waals surface area contributed by atoms with Gasteiger partial charge in [0.15, 0.2) is 5.11 Å². The molecular formula is C17H20N2O2S. The van der Waals surface area contributed by atoms with Gasteiger partial charge in [-0.25, -0.2) is 0 Å². The van der Waals surface area contributed by atoms with E-state index in [-0.39, 0.29) is 6.04 Å². The molecule has 2 aromatic carbocycles. The van der Waals surface area contributed by atoms with Gasteiger partial charge in [0.1, 0.15) is 18.1 Å². The largest absolute Gasteiger partial charge is 0.497 e. The summed E-state index contributed by atoms with van der Waals surface area (Å²) in [6.07, 6.45) is 0. The van der Waals surface area contributed by atoms with Crippen LogP contribution in [-0.2, 0) is 0 Å². The third kappa shape index (κ3) is 5.26. The topological polar surface area (TPSA) is 42.5 Å². The van der Waals surface area contributed by atoms with Crippen molar-refractivity contribution in [1.82, 2.24) is 5.32 Å². The maximum atomic E-state index is 5.71. The van der Waals surface area contributed by atoms with Crippen LogP contribution in [0.4, 0.5) is 5.69 Å². The van der Waals surface area contributed by atoms with Gasteiger partial charge in [-0.05, 0) is 55.5 Å². The van der Waals surface area contributed by atoms with Gasteiger partial charge in [0.2, 0.25) is 0 Å². The van der Waals surface area contributed by atoms with Crippen molar-refractivity contribution in [3.8, 4) is 11.5 Å². The number of methoxy groups -OCH3 is 1. The molecule has 0 spiro atoms. The number of hydrogen-bond acceptors (Lipinski definition) is 3. The highest BCUT2D eigenvalue weighted by atomic mass is 32.1. The van der Waals surface area contributed by atoms with Crippen LogP contribution in [0.2, 0.25) is 0 Å². The average Bonchev–Trinajstić information content (AvgIpc) is 2.54. The Morgan fingerprint density at radius 2 is 1.68 bits per heavy atom. The molecule has 0 bridgehead atoms. The second-order valence-electron chi connectivity index (χ2n) is 4.85. The van der Waals surface area contributed by atoms with Crippen molar-refractivity contribution in [2.75, 3.05) is 19.0 Å². The highest BCUT2D eigenvalue weighted by Gasteiger charge is 2.05. The highest BCUT2D eigenvalue weighted by Crippen LogP contribution is 2.17. The molecule has 4 nitrogen and oxygen atoms in total. The fourth-order valence-electron chi connectivity index (χ4n) is 1.85. The Morgan fingerprint density at radius 3 is 2.32 bits per heavy atom. The second kappa shape index (κ2) is 8.24. The normalized spacial score (nSPS) is 11.4. The van der Waals surface area contributed by atoms with Gasteiger partial charge in [-0.2, -0.15) is 0 Å². The Morgan fingerprint density at radius 1 is 1.05 bits per heavy atom. The van der Waals surface area contributed by atoms with E-state index < -0.39 is 0 Å². The maximum Gasteiger partial charge on any atom is 0.171 e. The number of rotatable bonds is 6. The average molecular weight is 316 g/mol. The third-order valence-electron chi connectivity index (χ3n) is 2.97. The maximum absolute atomic E-state index is 5.71. The van der Waals surface area contributed by atoms with Crippen molar-refractivity contribution in [2.45, 2.75) is 13.0 Å². The zero-order valence-corrected chi connectivity index (χ0v) is 13.5. The van der Waals surface area contributed by atoms with E-state index in [1.165, 1.54) is 0 Å². The predicted molar refractivity (Wildman–Crippen MR) is 93.7 cm³/mol. The molecule has 0 aliphatic carbocycles. The molecule has 0 radical (unpaired) electrons. The summed E-state index contributed by atoms with van der Waals surface area (Å²) in [4.78, 5) is 0. The molecule has 2 rings (SSSR count). The molecule has 116 valence electrons. The van der Waals surface area contributed by atoms with E-state index in [0.29, 0.717) is 11.7 Å². The Labute approximate surface area is 136 Å². The molecule has 0 saturated heterocycles.